The van der Waals surface area contributed by atoms with Gasteiger partial charge in [0.2, 0.25) is 0 Å². The predicted octanol–water partition coefficient (Wildman–Crippen LogP) is 6.31. The number of aliphatic hydroxyl groups is 1. The van der Waals surface area contributed by atoms with Crippen molar-refractivity contribution in [3.05, 3.63) is 106 Å². The lowest BCUT2D eigenvalue weighted by molar-refractivity contribution is 0.0785. The first kappa shape index (κ1) is 30.0. The Balaban J connectivity index is 1.32. The zero-order valence-corrected chi connectivity index (χ0v) is 25.6. The van der Waals surface area contributed by atoms with Crippen molar-refractivity contribution < 1.29 is 14.6 Å². The summed E-state index contributed by atoms with van der Waals surface area (Å²) in [5.41, 5.74) is 4.93. The number of carbonyl (C=O) groups excluding carboxylic acids is 1. The minimum Gasteiger partial charge on any atom is -0.462 e. The molecule has 2 amide bonds. The molecule has 3 heterocycles. The molecule has 3 aliphatic heterocycles. The first-order chi connectivity index (χ1) is 20.1. The number of fused-ring (bicyclic) bond motifs is 2. The normalized spacial score (nSPS) is 19.3. The lowest BCUT2D eigenvalue weighted by Gasteiger charge is -2.30. The second kappa shape index (κ2) is 12.8. The number of amides is 2. The lowest BCUT2D eigenvalue weighted by Crippen LogP contribution is -2.48. The van der Waals surface area contributed by atoms with Gasteiger partial charge in [-0.15, -0.1) is 0 Å². The number of likely N-dealkylation sites (tertiary alicyclic amines) is 1. The van der Waals surface area contributed by atoms with Gasteiger partial charge in [-0.25, -0.2) is 4.79 Å². The number of ether oxygens (including phenoxy) is 1. The number of halogens is 1. The third kappa shape index (κ3) is 7.09. The first-order valence-corrected chi connectivity index (χ1v) is 15.1. The molecule has 2 aromatic rings. The van der Waals surface area contributed by atoms with Crippen molar-refractivity contribution in [3.8, 4) is 5.75 Å². The molecular formula is C34H41ClN4O3. The van der Waals surface area contributed by atoms with Crippen LogP contribution < -0.4 is 15.4 Å². The number of hydrogen-bond acceptors (Lipinski definition) is 5. The minimum atomic E-state index is -0.966. The fraction of sp³-hybridized carbons (Fsp3) is 0.382. The van der Waals surface area contributed by atoms with Gasteiger partial charge in [-0.2, -0.15) is 0 Å². The molecule has 3 aliphatic rings. The second-order valence-corrected chi connectivity index (χ2v) is 12.4. The van der Waals surface area contributed by atoms with Gasteiger partial charge in [-0.3, -0.25) is 0 Å². The molecule has 0 aromatic heterocycles. The van der Waals surface area contributed by atoms with Crippen LogP contribution in [0, 0.1) is 0 Å². The van der Waals surface area contributed by atoms with Gasteiger partial charge >= 0.3 is 6.03 Å². The molecule has 0 bridgehead atoms. The Morgan fingerprint density at radius 3 is 2.79 bits per heavy atom. The van der Waals surface area contributed by atoms with Crippen LogP contribution in [-0.4, -0.2) is 52.7 Å². The second-order valence-electron chi connectivity index (χ2n) is 12.0. The van der Waals surface area contributed by atoms with E-state index in [2.05, 4.69) is 27.7 Å². The maximum absolute atomic E-state index is 13.2. The molecule has 0 saturated carbocycles. The topological polar surface area (TPSA) is 77.1 Å². The van der Waals surface area contributed by atoms with E-state index in [0.29, 0.717) is 11.6 Å². The van der Waals surface area contributed by atoms with Crippen molar-refractivity contribution in [3.63, 3.8) is 0 Å². The van der Waals surface area contributed by atoms with E-state index in [0.717, 1.165) is 71.8 Å². The monoisotopic (exact) mass is 588 g/mol. The molecule has 3 N–H and O–H groups in total. The first-order valence-electron chi connectivity index (χ1n) is 14.7. The molecular weight excluding hydrogens is 548 g/mol. The van der Waals surface area contributed by atoms with Gasteiger partial charge in [0.1, 0.15) is 12.0 Å². The molecule has 42 heavy (non-hydrogen) atoms. The van der Waals surface area contributed by atoms with Crippen LogP contribution >= 0.6 is 11.6 Å². The number of carbonyl (C=O) groups is 1. The molecule has 0 spiro atoms. The van der Waals surface area contributed by atoms with E-state index in [9.17, 15) is 9.90 Å². The largest absolute Gasteiger partial charge is 0.462 e. The molecule has 5 rings (SSSR count). The van der Waals surface area contributed by atoms with Gasteiger partial charge < -0.3 is 30.3 Å². The number of nitrogens with one attached hydrogen (secondary N) is 2. The average Bonchev–Trinajstić information content (AvgIpc) is 3.35. The molecule has 8 heteroatoms. The predicted molar refractivity (Wildman–Crippen MR) is 169 cm³/mol. The fourth-order valence-corrected chi connectivity index (χ4v) is 5.76. The Bertz CT molecular complexity index is 1420. The third-order valence-corrected chi connectivity index (χ3v) is 8.13. The summed E-state index contributed by atoms with van der Waals surface area (Å²) in [6.45, 7) is 10.7. The van der Waals surface area contributed by atoms with Crippen molar-refractivity contribution in [1.82, 2.24) is 20.4 Å². The quantitative estimate of drug-likeness (QED) is 0.337. The molecule has 1 atom stereocenters. The van der Waals surface area contributed by atoms with Crippen LogP contribution in [0.1, 0.15) is 57.2 Å². The molecule has 1 fully saturated rings. The van der Waals surface area contributed by atoms with Crippen molar-refractivity contribution in [2.45, 2.75) is 64.8 Å². The molecule has 1 saturated heterocycles. The van der Waals surface area contributed by atoms with Crippen LogP contribution in [0.25, 0.3) is 5.57 Å². The highest BCUT2D eigenvalue weighted by Gasteiger charge is 2.31. The SMILES string of the molecule is CC(C)NC(=O)N(Cc1ccc(Cl)cc1)C1CCN(CCC=C2C3=CC=CNC3=COc3ccc(C(C)(C)O)cc32)C1. The summed E-state index contributed by atoms with van der Waals surface area (Å²) in [7, 11) is 0. The van der Waals surface area contributed by atoms with E-state index in [-0.39, 0.29) is 18.1 Å². The molecule has 1 unspecified atom stereocenters. The van der Waals surface area contributed by atoms with E-state index in [1.165, 1.54) is 0 Å². The molecule has 7 nitrogen and oxygen atoms in total. The summed E-state index contributed by atoms with van der Waals surface area (Å²) in [4.78, 5) is 17.6. The molecule has 0 aliphatic carbocycles. The Labute approximate surface area is 254 Å². The third-order valence-electron chi connectivity index (χ3n) is 7.88. The highest BCUT2D eigenvalue weighted by atomic mass is 35.5. The van der Waals surface area contributed by atoms with Crippen molar-refractivity contribution in [2.75, 3.05) is 19.6 Å². The van der Waals surface area contributed by atoms with Crippen molar-refractivity contribution >= 4 is 23.2 Å². The number of nitrogens with zero attached hydrogens (tertiary/aromatic N) is 2. The Morgan fingerprint density at radius 1 is 1.26 bits per heavy atom. The number of benzene rings is 2. The van der Waals surface area contributed by atoms with Crippen LogP contribution in [0.15, 0.2) is 84.4 Å². The molecule has 222 valence electrons. The fourth-order valence-electron chi connectivity index (χ4n) is 5.64. The summed E-state index contributed by atoms with van der Waals surface area (Å²) < 4.78 is 6.06. The van der Waals surface area contributed by atoms with Gasteiger partial charge in [0.05, 0.1) is 11.3 Å². The maximum atomic E-state index is 13.2. The number of allylic oxidation sites excluding steroid dienone is 3. The summed E-state index contributed by atoms with van der Waals surface area (Å²) in [6, 6.07) is 13.8. The Morgan fingerprint density at radius 2 is 2.05 bits per heavy atom. The summed E-state index contributed by atoms with van der Waals surface area (Å²) in [5.74, 6) is 0.758. The zero-order valence-electron chi connectivity index (χ0n) is 24.9. The molecule has 2 aromatic carbocycles. The highest BCUT2D eigenvalue weighted by Crippen LogP contribution is 2.40. The smallest absolute Gasteiger partial charge is 0.318 e. The van der Waals surface area contributed by atoms with Gasteiger partial charge in [0.15, 0.2) is 0 Å². The number of rotatable bonds is 8. The van der Waals surface area contributed by atoms with Crippen LogP contribution in [0.3, 0.4) is 0 Å². The standard InChI is InChI=1S/C34H41ClN4O3/c1-23(2)37-33(40)39(20-24-9-12-26(35)13-10-24)27-15-18-38(21-27)17-6-8-28-29-7-5-16-36-31(29)22-42-32-14-11-25(19-30(28)32)34(3,4)41/h5,7-14,16,19,22-23,27,36,41H,6,15,17-18,20-21H2,1-4H3,(H,37,40). The van der Waals surface area contributed by atoms with Crippen molar-refractivity contribution in [1.29, 1.82) is 0 Å². The van der Waals surface area contributed by atoms with Crippen LogP contribution in [0.2, 0.25) is 5.02 Å². The van der Waals surface area contributed by atoms with E-state index < -0.39 is 5.60 Å². The Hall–Kier alpha value is -3.52. The van der Waals surface area contributed by atoms with Crippen LogP contribution in [0.4, 0.5) is 4.79 Å². The summed E-state index contributed by atoms with van der Waals surface area (Å²) >= 11 is 6.10. The van der Waals surface area contributed by atoms with Gasteiger partial charge in [-0.1, -0.05) is 42.0 Å². The summed E-state index contributed by atoms with van der Waals surface area (Å²) in [5, 5.41) is 17.8. The number of dihydropyridines is 1. The van der Waals surface area contributed by atoms with Crippen molar-refractivity contribution in [2.24, 2.45) is 0 Å². The van der Waals surface area contributed by atoms with E-state index >= 15 is 0 Å². The van der Waals surface area contributed by atoms with E-state index in [4.69, 9.17) is 16.3 Å². The summed E-state index contributed by atoms with van der Waals surface area (Å²) in [6.07, 6.45) is 11.8. The number of urea groups is 1. The minimum absolute atomic E-state index is 0.0318. The number of hydrogen-bond donors (Lipinski definition) is 3. The average molecular weight is 589 g/mol. The van der Waals surface area contributed by atoms with E-state index in [1.54, 1.807) is 20.1 Å². The molecule has 0 radical (unpaired) electrons. The van der Waals surface area contributed by atoms with Gasteiger partial charge in [0, 0.05) is 60.6 Å². The van der Waals surface area contributed by atoms with Gasteiger partial charge in [-0.05, 0) is 87.6 Å². The zero-order chi connectivity index (χ0) is 29.9. The maximum Gasteiger partial charge on any atom is 0.318 e. The van der Waals surface area contributed by atoms with Crippen LogP contribution in [0.5, 0.6) is 5.75 Å². The Kier molecular flexibility index (Phi) is 9.11. The lowest BCUT2D eigenvalue weighted by atomic mass is 9.89. The highest BCUT2D eigenvalue weighted by molar-refractivity contribution is 6.30. The van der Waals surface area contributed by atoms with Crippen LogP contribution in [-0.2, 0) is 12.1 Å². The van der Waals surface area contributed by atoms with Gasteiger partial charge in [0.25, 0.3) is 0 Å². The van der Waals surface area contributed by atoms with E-state index in [1.807, 2.05) is 73.5 Å².